The van der Waals surface area contributed by atoms with E-state index in [1.807, 2.05) is 37.1 Å². The molecule has 0 N–H and O–H groups in total. The summed E-state index contributed by atoms with van der Waals surface area (Å²) in [5.74, 6) is 0.850. The smallest absolute Gasteiger partial charge is 0.244 e. The van der Waals surface area contributed by atoms with E-state index in [-0.39, 0.29) is 11.9 Å². The summed E-state index contributed by atoms with van der Waals surface area (Å²) in [5.41, 5.74) is 2.26. The molecule has 23 heavy (non-hydrogen) atoms. The lowest BCUT2D eigenvalue weighted by atomic mass is 10.2. The fourth-order valence-electron chi connectivity index (χ4n) is 2.90. The van der Waals surface area contributed by atoms with Crippen molar-refractivity contribution in [2.45, 2.75) is 25.9 Å². The number of aryl methyl sites for hydroxylation is 1. The van der Waals surface area contributed by atoms with Crippen molar-refractivity contribution in [1.29, 1.82) is 5.26 Å². The van der Waals surface area contributed by atoms with Crippen LogP contribution in [-0.2, 0) is 11.3 Å². The second-order valence-corrected chi connectivity index (χ2v) is 5.80. The molecule has 1 aliphatic rings. The van der Waals surface area contributed by atoms with E-state index in [9.17, 15) is 4.79 Å². The zero-order valence-corrected chi connectivity index (χ0v) is 13.2. The number of carbonyl (C=O) groups is 1. The van der Waals surface area contributed by atoms with Gasteiger partial charge in [0.25, 0.3) is 0 Å². The largest absolute Gasteiger partial charge is 0.361 e. The van der Waals surface area contributed by atoms with Gasteiger partial charge < -0.3 is 9.42 Å². The molecule has 2 heterocycles. The Kier molecular flexibility index (Phi) is 4.13. The minimum Gasteiger partial charge on any atom is -0.361 e. The fraction of sp³-hybridized carbons (Fsp3) is 0.353. The molecule has 0 saturated carbocycles. The van der Waals surface area contributed by atoms with E-state index in [0.717, 1.165) is 23.6 Å². The van der Waals surface area contributed by atoms with Crippen LogP contribution in [-0.4, -0.2) is 35.6 Å². The number of likely N-dealkylation sites (N-methyl/N-ethyl adjacent to an activating group) is 1. The van der Waals surface area contributed by atoms with Gasteiger partial charge in [-0.25, -0.2) is 0 Å². The van der Waals surface area contributed by atoms with E-state index in [1.165, 1.54) is 0 Å². The molecule has 0 bridgehead atoms. The highest BCUT2D eigenvalue weighted by molar-refractivity contribution is 5.99. The number of nitrogens with zero attached hydrogens (tertiary/aromatic N) is 4. The van der Waals surface area contributed by atoms with Crippen molar-refractivity contribution in [2.75, 3.05) is 18.5 Å². The Morgan fingerprint density at radius 2 is 2.17 bits per heavy atom. The van der Waals surface area contributed by atoms with Gasteiger partial charge in [0.1, 0.15) is 5.76 Å². The molecule has 1 atom stereocenters. The summed E-state index contributed by atoms with van der Waals surface area (Å²) in [6.07, 6.45) is 0.770. The summed E-state index contributed by atoms with van der Waals surface area (Å²) in [4.78, 5) is 16.5. The van der Waals surface area contributed by atoms with Gasteiger partial charge in [0.15, 0.2) is 0 Å². The Morgan fingerprint density at radius 3 is 2.78 bits per heavy atom. The van der Waals surface area contributed by atoms with Crippen molar-refractivity contribution >= 4 is 11.6 Å². The van der Waals surface area contributed by atoms with Crippen LogP contribution in [0.2, 0.25) is 0 Å². The number of aromatic nitrogens is 1. The maximum absolute atomic E-state index is 12.7. The Morgan fingerprint density at radius 1 is 1.43 bits per heavy atom. The second-order valence-electron chi connectivity index (χ2n) is 5.80. The van der Waals surface area contributed by atoms with Crippen LogP contribution in [0.4, 0.5) is 5.69 Å². The molecule has 0 spiro atoms. The van der Waals surface area contributed by atoms with Crippen LogP contribution in [0.15, 0.2) is 34.9 Å². The van der Waals surface area contributed by atoms with Crippen molar-refractivity contribution in [3.8, 4) is 6.07 Å². The van der Waals surface area contributed by atoms with Gasteiger partial charge in [-0.3, -0.25) is 9.69 Å². The third-order valence-corrected chi connectivity index (χ3v) is 4.11. The number of rotatable bonds is 4. The molecular formula is C17H18N4O2. The number of nitriles is 1. The first-order chi connectivity index (χ1) is 11.1. The topological polar surface area (TPSA) is 73.4 Å². The average molecular weight is 310 g/mol. The normalized spacial score (nSPS) is 17.7. The summed E-state index contributed by atoms with van der Waals surface area (Å²) >= 11 is 0. The predicted molar refractivity (Wildman–Crippen MR) is 84.6 cm³/mol. The molecular weight excluding hydrogens is 292 g/mol. The quantitative estimate of drug-likeness (QED) is 0.864. The van der Waals surface area contributed by atoms with Crippen molar-refractivity contribution in [3.63, 3.8) is 0 Å². The van der Waals surface area contributed by atoms with Crippen LogP contribution >= 0.6 is 0 Å². The molecule has 3 rings (SSSR count). The van der Waals surface area contributed by atoms with E-state index < -0.39 is 0 Å². The Labute approximate surface area is 134 Å². The third-order valence-electron chi connectivity index (χ3n) is 4.11. The molecule has 2 aromatic rings. The number of amides is 1. The van der Waals surface area contributed by atoms with E-state index in [0.29, 0.717) is 18.7 Å². The van der Waals surface area contributed by atoms with Gasteiger partial charge in [0.05, 0.1) is 23.4 Å². The zero-order chi connectivity index (χ0) is 16.4. The maximum atomic E-state index is 12.7. The molecule has 1 saturated heterocycles. The molecule has 1 fully saturated rings. The first-order valence-corrected chi connectivity index (χ1v) is 7.52. The van der Waals surface area contributed by atoms with Gasteiger partial charge in [0, 0.05) is 24.8 Å². The van der Waals surface area contributed by atoms with Crippen molar-refractivity contribution in [1.82, 2.24) is 10.1 Å². The van der Waals surface area contributed by atoms with Gasteiger partial charge >= 0.3 is 0 Å². The average Bonchev–Trinajstić information content (AvgIpc) is 3.13. The summed E-state index contributed by atoms with van der Waals surface area (Å²) in [7, 11) is 1.93. The molecule has 1 unspecified atom stereocenters. The molecule has 118 valence electrons. The highest BCUT2D eigenvalue weighted by Crippen LogP contribution is 2.25. The molecule has 1 aromatic carbocycles. The van der Waals surface area contributed by atoms with Crippen molar-refractivity contribution in [3.05, 3.63) is 47.3 Å². The van der Waals surface area contributed by atoms with E-state index in [4.69, 9.17) is 9.78 Å². The lowest BCUT2D eigenvalue weighted by molar-refractivity contribution is -0.121. The van der Waals surface area contributed by atoms with Gasteiger partial charge in [-0.1, -0.05) is 5.16 Å². The number of benzene rings is 1. The predicted octanol–water partition coefficient (Wildman–Crippen LogP) is 2.09. The van der Waals surface area contributed by atoms with E-state index >= 15 is 0 Å². The van der Waals surface area contributed by atoms with Crippen LogP contribution in [0.25, 0.3) is 0 Å². The van der Waals surface area contributed by atoms with Gasteiger partial charge in [-0.15, -0.1) is 0 Å². The molecule has 6 nitrogen and oxygen atoms in total. The highest BCUT2D eigenvalue weighted by atomic mass is 16.5. The SMILES string of the molecule is Cc1cc(CN(C)C2CCN(c3ccc(C#N)cc3)C2=O)no1. The lowest BCUT2D eigenvalue weighted by Crippen LogP contribution is -2.39. The molecule has 1 aromatic heterocycles. The van der Waals surface area contributed by atoms with Gasteiger partial charge in [0.2, 0.25) is 5.91 Å². The standard InChI is InChI=1S/C17H18N4O2/c1-12-9-14(19-23-12)11-20(2)16-7-8-21(17(16)22)15-5-3-13(10-18)4-6-15/h3-6,9,16H,7-8,11H2,1-2H3. The molecule has 0 aliphatic carbocycles. The van der Waals surface area contributed by atoms with E-state index in [1.54, 1.807) is 17.0 Å². The summed E-state index contributed by atoms with van der Waals surface area (Å²) in [5, 5.41) is 12.8. The summed E-state index contributed by atoms with van der Waals surface area (Å²) < 4.78 is 5.07. The number of hydrogen-bond acceptors (Lipinski definition) is 5. The minimum absolute atomic E-state index is 0.0809. The maximum Gasteiger partial charge on any atom is 0.244 e. The fourth-order valence-corrected chi connectivity index (χ4v) is 2.90. The van der Waals surface area contributed by atoms with Crippen molar-refractivity contribution in [2.24, 2.45) is 0 Å². The van der Waals surface area contributed by atoms with Crippen LogP contribution < -0.4 is 4.90 Å². The molecule has 1 aliphatic heterocycles. The Hall–Kier alpha value is -2.65. The molecule has 0 radical (unpaired) electrons. The third kappa shape index (κ3) is 3.10. The van der Waals surface area contributed by atoms with Gasteiger partial charge in [-0.2, -0.15) is 5.26 Å². The Balaban J connectivity index is 1.69. The minimum atomic E-state index is -0.164. The first-order valence-electron chi connectivity index (χ1n) is 7.52. The zero-order valence-electron chi connectivity index (χ0n) is 13.2. The van der Waals surface area contributed by atoms with Crippen LogP contribution in [0.3, 0.4) is 0 Å². The monoisotopic (exact) mass is 310 g/mol. The Bertz CT molecular complexity index is 745. The van der Waals surface area contributed by atoms with Crippen LogP contribution in [0.5, 0.6) is 0 Å². The highest BCUT2D eigenvalue weighted by Gasteiger charge is 2.35. The molecule has 1 amide bonds. The van der Waals surface area contributed by atoms with E-state index in [2.05, 4.69) is 11.2 Å². The number of anilines is 1. The molecule has 6 heteroatoms. The van der Waals surface area contributed by atoms with Crippen LogP contribution in [0.1, 0.15) is 23.4 Å². The van der Waals surface area contributed by atoms with Crippen molar-refractivity contribution < 1.29 is 9.32 Å². The van der Waals surface area contributed by atoms with Gasteiger partial charge in [-0.05, 0) is 44.7 Å². The number of hydrogen-bond donors (Lipinski definition) is 0. The lowest BCUT2D eigenvalue weighted by Gasteiger charge is -2.22. The second kappa shape index (κ2) is 6.23. The summed E-state index contributed by atoms with van der Waals surface area (Å²) in [6, 6.07) is 10.9. The number of carbonyl (C=O) groups excluding carboxylic acids is 1. The first kappa shape index (κ1) is 15.3. The van der Waals surface area contributed by atoms with Crippen LogP contribution in [0, 0.1) is 18.3 Å². The summed E-state index contributed by atoms with van der Waals surface area (Å²) in [6.45, 7) is 3.11.